The van der Waals surface area contributed by atoms with Crippen LogP contribution in [0, 0.1) is 0 Å². The molecule has 2 aromatic carbocycles. The Morgan fingerprint density at radius 1 is 0.947 bits per heavy atom. The summed E-state index contributed by atoms with van der Waals surface area (Å²) in [5.74, 6) is -0.816. The molecule has 6 N–H and O–H groups in total. The second kappa shape index (κ2) is 5.30. The van der Waals surface area contributed by atoms with Crippen LogP contribution in [0.2, 0.25) is 0 Å². The smallest absolute Gasteiger partial charge is 0.196 e. The van der Waals surface area contributed by atoms with Gasteiger partial charge in [0.25, 0.3) is 0 Å². The van der Waals surface area contributed by atoms with Crippen LogP contribution in [0.4, 0.5) is 11.4 Å². The minimum atomic E-state index is -0.411. The van der Waals surface area contributed by atoms with Gasteiger partial charge in [0.15, 0.2) is 5.78 Å². The Morgan fingerprint density at radius 3 is 2.05 bits per heavy atom. The number of rotatable bonds is 2. The predicted molar refractivity (Wildman–Crippen MR) is 75.2 cm³/mol. The van der Waals surface area contributed by atoms with E-state index >= 15 is 0 Å². The summed E-state index contributed by atoms with van der Waals surface area (Å²) in [5.41, 5.74) is 12.3. The summed E-state index contributed by atoms with van der Waals surface area (Å²) in [4.78, 5) is 12.1. The molecule has 2 aromatic rings. The van der Waals surface area contributed by atoms with E-state index in [1.165, 1.54) is 30.3 Å². The Morgan fingerprint density at radius 2 is 1.53 bits per heavy atom. The molecule has 0 amide bonds. The highest BCUT2D eigenvalue weighted by atomic mass is 16.3. The lowest BCUT2D eigenvalue weighted by molar-refractivity contribution is 0.103. The van der Waals surface area contributed by atoms with Crippen molar-refractivity contribution in [3.63, 3.8) is 0 Å². The molecular formula is C14H16N2O3. The van der Waals surface area contributed by atoms with E-state index in [0.717, 1.165) is 6.07 Å². The fraction of sp³-hybridized carbons (Fsp3) is 0.0714. The van der Waals surface area contributed by atoms with Crippen LogP contribution in [0.25, 0.3) is 0 Å². The van der Waals surface area contributed by atoms with Gasteiger partial charge in [-0.15, -0.1) is 0 Å². The molecular weight excluding hydrogens is 244 g/mol. The average Bonchev–Trinajstić information content (AvgIpc) is 2.26. The first-order valence-electron chi connectivity index (χ1n) is 5.20. The number of hydrogen-bond acceptors (Lipinski definition) is 5. The van der Waals surface area contributed by atoms with Crippen molar-refractivity contribution >= 4 is 17.2 Å². The normalized spacial score (nSPS) is 9.68. The largest absolute Gasteiger partial charge is 0.508 e. The average molecular weight is 260 g/mol. The molecule has 0 fully saturated rings. The van der Waals surface area contributed by atoms with Crippen molar-refractivity contribution in [3.05, 3.63) is 47.5 Å². The summed E-state index contributed by atoms with van der Waals surface area (Å²) in [5, 5.41) is 18.8. The first-order chi connectivity index (χ1) is 8.47. The van der Waals surface area contributed by atoms with Gasteiger partial charge in [-0.05, 0) is 30.3 Å². The molecule has 0 aliphatic carbocycles. The van der Waals surface area contributed by atoms with Crippen LogP contribution in [-0.2, 0) is 0 Å². The summed E-state index contributed by atoms with van der Waals surface area (Å²) >= 11 is 0. The number of carbonyl (C=O) groups is 1. The highest BCUT2D eigenvalue weighted by Crippen LogP contribution is 2.26. The van der Waals surface area contributed by atoms with Crippen molar-refractivity contribution in [2.75, 3.05) is 11.5 Å². The number of ketones is 1. The molecule has 19 heavy (non-hydrogen) atoms. The molecule has 0 aliphatic rings. The minimum Gasteiger partial charge on any atom is -0.508 e. The fourth-order valence-electron chi connectivity index (χ4n) is 1.68. The van der Waals surface area contributed by atoms with Crippen LogP contribution in [0.5, 0.6) is 11.5 Å². The quantitative estimate of drug-likeness (QED) is 0.488. The van der Waals surface area contributed by atoms with Gasteiger partial charge in [0.1, 0.15) is 11.5 Å². The van der Waals surface area contributed by atoms with Gasteiger partial charge in [-0.2, -0.15) is 0 Å². The molecule has 5 nitrogen and oxygen atoms in total. The lowest BCUT2D eigenvalue weighted by Crippen LogP contribution is -2.04. The molecule has 0 spiro atoms. The molecule has 5 heteroatoms. The molecule has 2 rings (SSSR count). The van der Waals surface area contributed by atoms with Crippen LogP contribution in [-0.4, -0.2) is 16.0 Å². The Kier molecular flexibility index (Phi) is 4.01. The highest BCUT2D eigenvalue weighted by Gasteiger charge is 2.14. The standard InChI is InChI=1S/C13H12N2O3.CH4/c14-8-3-7(4-9(15)5-8)13(18)11-2-1-10(16)6-12(11)17;/h1-6,16-17H,14-15H2;1H4. The maximum Gasteiger partial charge on any atom is 0.196 e. The third kappa shape index (κ3) is 2.95. The van der Waals surface area contributed by atoms with Crippen LogP contribution in [0.1, 0.15) is 23.3 Å². The van der Waals surface area contributed by atoms with Crippen molar-refractivity contribution in [3.8, 4) is 11.5 Å². The summed E-state index contributed by atoms with van der Waals surface area (Å²) < 4.78 is 0. The van der Waals surface area contributed by atoms with E-state index in [0.29, 0.717) is 11.4 Å². The minimum absolute atomic E-state index is 0. The second-order valence-corrected chi connectivity index (χ2v) is 3.92. The van der Waals surface area contributed by atoms with E-state index in [2.05, 4.69) is 0 Å². The monoisotopic (exact) mass is 260 g/mol. The van der Waals surface area contributed by atoms with Crippen LogP contribution >= 0.6 is 0 Å². The summed E-state index contributed by atoms with van der Waals surface area (Å²) in [6, 6.07) is 8.25. The molecule has 0 aromatic heterocycles. The SMILES string of the molecule is C.Nc1cc(N)cc(C(=O)c2ccc(O)cc2O)c1. The van der Waals surface area contributed by atoms with Crippen LogP contribution < -0.4 is 11.5 Å². The van der Waals surface area contributed by atoms with Crippen molar-refractivity contribution < 1.29 is 15.0 Å². The summed E-state index contributed by atoms with van der Waals surface area (Å²) in [6.07, 6.45) is 0. The first-order valence-corrected chi connectivity index (χ1v) is 5.20. The molecule has 0 unspecified atom stereocenters. The van der Waals surface area contributed by atoms with Crippen LogP contribution in [0.3, 0.4) is 0 Å². The summed E-state index contributed by atoms with van der Waals surface area (Å²) in [7, 11) is 0. The van der Waals surface area contributed by atoms with Gasteiger partial charge in [0.2, 0.25) is 0 Å². The third-order valence-electron chi connectivity index (χ3n) is 2.47. The molecule has 0 radical (unpaired) electrons. The number of nitrogens with two attached hydrogens (primary N) is 2. The molecule has 0 saturated heterocycles. The number of benzene rings is 2. The number of nitrogen functional groups attached to an aromatic ring is 2. The van der Waals surface area contributed by atoms with Crippen LogP contribution in [0.15, 0.2) is 36.4 Å². The number of aromatic hydroxyl groups is 2. The van der Waals surface area contributed by atoms with E-state index in [1.54, 1.807) is 0 Å². The van der Waals surface area contributed by atoms with E-state index in [4.69, 9.17) is 16.6 Å². The van der Waals surface area contributed by atoms with Crippen molar-refractivity contribution in [1.82, 2.24) is 0 Å². The fourth-order valence-corrected chi connectivity index (χ4v) is 1.68. The van der Waals surface area contributed by atoms with Gasteiger partial charge in [-0.1, -0.05) is 7.43 Å². The van der Waals surface area contributed by atoms with Gasteiger partial charge in [0, 0.05) is 23.0 Å². The van der Waals surface area contributed by atoms with Gasteiger partial charge in [-0.3, -0.25) is 4.79 Å². The Hall–Kier alpha value is -2.69. The number of carbonyl (C=O) groups excluding carboxylic acids is 1. The number of phenolic OH excluding ortho intramolecular Hbond substituents is 2. The topological polar surface area (TPSA) is 110 Å². The van der Waals surface area contributed by atoms with E-state index in [9.17, 15) is 9.90 Å². The van der Waals surface area contributed by atoms with Gasteiger partial charge in [0.05, 0.1) is 5.56 Å². The van der Waals surface area contributed by atoms with E-state index in [1.807, 2.05) is 0 Å². The maximum absolute atomic E-state index is 12.1. The van der Waals surface area contributed by atoms with Crippen molar-refractivity contribution in [2.24, 2.45) is 0 Å². The predicted octanol–water partition coefficient (Wildman–Crippen LogP) is 2.13. The number of phenols is 2. The Bertz CT molecular complexity index is 604. The second-order valence-electron chi connectivity index (χ2n) is 3.92. The van der Waals surface area contributed by atoms with E-state index < -0.39 is 5.78 Å². The number of anilines is 2. The van der Waals surface area contributed by atoms with Crippen molar-refractivity contribution in [2.45, 2.75) is 7.43 Å². The molecule has 0 saturated carbocycles. The Labute approximate surface area is 111 Å². The van der Waals surface area contributed by atoms with Gasteiger partial charge >= 0.3 is 0 Å². The lowest BCUT2D eigenvalue weighted by atomic mass is 10.0. The zero-order valence-electron chi connectivity index (χ0n) is 9.42. The van der Waals surface area contributed by atoms with Crippen molar-refractivity contribution in [1.29, 1.82) is 0 Å². The maximum atomic E-state index is 12.1. The highest BCUT2D eigenvalue weighted by molar-refractivity contribution is 6.11. The van der Waals surface area contributed by atoms with Gasteiger partial charge < -0.3 is 21.7 Å². The first kappa shape index (κ1) is 14.4. The molecule has 0 heterocycles. The number of hydrogen-bond donors (Lipinski definition) is 4. The molecule has 0 bridgehead atoms. The zero-order chi connectivity index (χ0) is 13.3. The molecule has 0 aliphatic heterocycles. The third-order valence-corrected chi connectivity index (χ3v) is 2.47. The summed E-state index contributed by atoms with van der Waals surface area (Å²) in [6.45, 7) is 0. The zero-order valence-corrected chi connectivity index (χ0v) is 9.42. The Balaban J connectivity index is 0.00000180. The molecule has 100 valence electrons. The lowest BCUT2D eigenvalue weighted by Gasteiger charge is -2.06. The van der Waals surface area contributed by atoms with Gasteiger partial charge in [-0.25, -0.2) is 0 Å². The van der Waals surface area contributed by atoms with E-state index in [-0.39, 0.29) is 30.1 Å². The molecule has 0 atom stereocenters.